The molecule has 0 unspecified atom stereocenters. The minimum Gasteiger partial charge on any atom is -0.489 e. The lowest BCUT2D eigenvalue weighted by atomic mass is 10.2. The van der Waals surface area contributed by atoms with E-state index in [0.29, 0.717) is 17.1 Å². The van der Waals surface area contributed by atoms with E-state index in [0.717, 1.165) is 0 Å². The summed E-state index contributed by atoms with van der Waals surface area (Å²) in [5, 5.41) is 0.599. The second kappa shape index (κ2) is 4.67. The van der Waals surface area contributed by atoms with E-state index in [-0.39, 0.29) is 16.7 Å². The lowest BCUT2D eigenvalue weighted by molar-refractivity contribution is 0.112. The summed E-state index contributed by atoms with van der Waals surface area (Å²) in [7, 11) is 0. The van der Waals surface area contributed by atoms with Gasteiger partial charge in [0.05, 0.1) is 21.7 Å². The van der Waals surface area contributed by atoms with Crippen LogP contribution in [-0.2, 0) is 0 Å². The Kier molecular flexibility index (Phi) is 3.78. The first kappa shape index (κ1) is 11.3. The van der Waals surface area contributed by atoms with Crippen LogP contribution in [0, 0.1) is 0 Å². The van der Waals surface area contributed by atoms with Crippen LogP contribution in [0.5, 0.6) is 5.75 Å². The summed E-state index contributed by atoms with van der Waals surface area (Å²) < 4.78 is 5.39. The quantitative estimate of drug-likeness (QED) is 0.745. The molecule has 0 aromatic heterocycles. The van der Waals surface area contributed by atoms with Gasteiger partial charge in [-0.05, 0) is 26.0 Å². The summed E-state index contributed by atoms with van der Waals surface area (Å²) in [6, 6.07) is 3.24. The fourth-order valence-electron chi connectivity index (χ4n) is 1.00. The number of ether oxygens (including phenoxy) is 1. The minimum absolute atomic E-state index is 0.00757. The van der Waals surface area contributed by atoms with Crippen LogP contribution >= 0.6 is 23.2 Å². The Balaban J connectivity index is 3.14. The SMILES string of the molecule is CC(C)Oc1ccc(Cl)c(C=O)c1Cl. The maximum atomic E-state index is 10.7. The first-order valence-corrected chi connectivity index (χ1v) is 4.91. The van der Waals surface area contributed by atoms with Crippen LogP contribution in [0.25, 0.3) is 0 Å². The van der Waals surface area contributed by atoms with Gasteiger partial charge in [-0.2, -0.15) is 0 Å². The molecule has 0 bridgehead atoms. The Hall–Kier alpha value is -0.730. The molecule has 0 spiro atoms. The van der Waals surface area contributed by atoms with Crippen molar-refractivity contribution in [2.75, 3.05) is 0 Å². The molecule has 0 heterocycles. The standard InChI is InChI=1S/C10H10Cl2O2/c1-6(2)14-9-4-3-8(11)7(5-13)10(9)12/h3-6H,1-2H3. The Morgan fingerprint density at radius 2 is 2.00 bits per heavy atom. The topological polar surface area (TPSA) is 26.3 Å². The van der Waals surface area contributed by atoms with Gasteiger partial charge in [0.15, 0.2) is 6.29 Å². The van der Waals surface area contributed by atoms with Gasteiger partial charge in [0.2, 0.25) is 0 Å². The van der Waals surface area contributed by atoms with Crippen molar-refractivity contribution >= 4 is 29.5 Å². The summed E-state index contributed by atoms with van der Waals surface area (Å²) in [5.74, 6) is 0.480. The molecule has 1 rings (SSSR count). The summed E-state index contributed by atoms with van der Waals surface area (Å²) in [4.78, 5) is 10.7. The Morgan fingerprint density at radius 1 is 1.36 bits per heavy atom. The number of hydrogen-bond acceptors (Lipinski definition) is 2. The molecule has 0 amide bonds. The molecule has 0 aliphatic carbocycles. The van der Waals surface area contributed by atoms with Crippen molar-refractivity contribution in [2.45, 2.75) is 20.0 Å². The van der Waals surface area contributed by atoms with Crippen molar-refractivity contribution in [1.82, 2.24) is 0 Å². The van der Waals surface area contributed by atoms with Crippen LogP contribution in [-0.4, -0.2) is 12.4 Å². The monoisotopic (exact) mass is 232 g/mol. The van der Waals surface area contributed by atoms with E-state index in [4.69, 9.17) is 27.9 Å². The van der Waals surface area contributed by atoms with Crippen LogP contribution in [0.2, 0.25) is 10.0 Å². The van der Waals surface area contributed by atoms with Crippen molar-refractivity contribution < 1.29 is 9.53 Å². The number of halogens is 2. The third kappa shape index (κ3) is 2.40. The van der Waals surface area contributed by atoms with Gasteiger partial charge >= 0.3 is 0 Å². The Labute approximate surface area is 92.8 Å². The molecule has 0 N–H and O–H groups in total. The maximum absolute atomic E-state index is 10.7. The summed E-state index contributed by atoms with van der Waals surface area (Å²) in [6.07, 6.45) is 0.630. The van der Waals surface area contributed by atoms with Crippen LogP contribution < -0.4 is 4.74 Å². The van der Waals surface area contributed by atoms with E-state index in [9.17, 15) is 4.79 Å². The maximum Gasteiger partial charge on any atom is 0.153 e. The molecule has 0 atom stereocenters. The largest absolute Gasteiger partial charge is 0.489 e. The fourth-order valence-corrected chi connectivity index (χ4v) is 1.51. The lowest BCUT2D eigenvalue weighted by Crippen LogP contribution is -2.06. The minimum atomic E-state index is 0.00757. The van der Waals surface area contributed by atoms with Crippen molar-refractivity contribution in [3.8, 4) is 5.75 Å². The molecule has 0 aliphatic heterocycles. The number of carbonyl (C=O) groups excluding carboxylic acids is 1. The molecule has 4 heteroatoms. The van der Waals surface area contributed by atoms with Crippen molar-refractivity contribution in [1.29, 1.82) is 0 Å². The number of rotatable bonds is 3. The highest BCUT2D eigenvalue weighted by Crippen LogP contribution is 2.32. The van der Waals surface area contributed by atoms with Gasteiger partial charge in [-0.15, -0.1) is 0 Å². The highest BCUT2D eigenvalue weighted by molar-refractivity contribution is 6.39. The number of carbonyl (C=O) groups is 1. The third-order valence-corrected chi connectivity index (χ3v) is 2.29. The second-order valence-corrected chi connectivity index (χ2v) is 3.84. The van der Waals surface area contributed by atoms with Gasteiger partial charge < -0.3 is 4.74 Å². The molecule has 0 fully saturated rings. The highest BCUT2D eigenvalue weighted by Gasteiger charge is 2.11. The first-order valence-electron chi connectivity index (χ1n) is 4.16. The van der Waals surface area contributed by atoms with Crippen molar-refractivity contribution in [3.63, 3.8) is 0 Å². The summed E-state index contributed by atoms with van der Waals surface area (Å²) in [5.41, 5.74) is 0.270. The predicted molar refractivity (Wildman–Crippen MR) is 57.6 cm³/mol. The molecule has 14 heavy (non-hydrogen) atoms. The number of aldehydes is 1. The Bertz CT molecular complexity index is 348. The molecule has 0 radical (unpaired) electrons. The van der Waals surface area contributed by atoms with Crippen LogP contribution in [0.3, 0.4) is 0 Å². The molecule has 1 aromatic rings. The van der Waals surface area contributed by atoms with E-state index >= 15 is 0 Å². The van der Waals surface area contributed by atoms with Gasteiger partial charge in [0, 0.05) is 0 Å². The molecule has 76 valence electrons. The average Bonchev–Trinajstić information content (AvgIpc) is 2.10. The molecular weight excluding hydrogens is 223 g/mol. The number of benzene rings is 1. The van der Waals surface area contributed by atoms with E-state index in [2.05, 4.69) is 0 Å². The van der Waals surface area contributed by atoms with Gasteiger partial charge in [0.25, 0.3) is 0 Å². The zero-order valence-corrected chi connectivity index (χ0v) is 9.39. The van der Waals surface area contributed by atoms with Gasteiger partial charge in [0.1, 0.15) is 5.75 Å². The number of hydrogen-bond donors (Lipinski definition) is 0. The van der Waals surface area contributed by atoms with Gasteiger partial charge in [-0.25, -0.2) is 0 Å². The zero-order valence-electron chi connectivity index (χ0n) is 7.88. The van der Waals surface area contributed by atoms with Crippen LogP contribution in [0.4, 0.5) is 0 Å². The van der Waals surface area contributed by atoms with E-state index in [1.165, 1.54) is 0 Å². The third-order valence-electron chi connectivity index (χ3n) is 1.57. The second-order valence-electron chi connectivity index (χ2n) is 3.06. The highest BCUT2D eigenvalue weighted by atomic mass is 35.5. The molecule has 0 aliphatic rings. The van der Waals surface area contributed by atoms with Crippen molar-refractivity contribution in [3.05, 3.63) is 27.7 Å². The molecule has 2 nitrogen and oxygen atoms in total. The zero-order chi connectivity index (χ0) is 10.7. The van der Waals surface area contributed by atoms with Crippen LogP contribution in [0.15, 0.2) is 12.1 Å². The first-order chi connectivity index (χ1) is 6.56. The summed E-state index contributed by atoms with van der Waals surface area (Å²) in [6.45, 7) is 3.76. The summed E-state index contributed by atoms with van der Waals surface area (Å²) >= 11 is 11.7. The average molecular weight is 233 g/mol. The lowest BCUT2D eigenvalue weighted by Gasteiger charge is -2.12. The Morgan fingerprint density at radius 3 is 2.50 bits per heavy atom. The van der Waals surface area contributed by atoms with E-state index in [1.54, 1.807) is 12.1 Å². The molecule has 0 saturated carbocycles. The smallest absolute Gasteiger partial charge is 0.153 e. The molecule has 1 aromatic carbocycles. The molecular formula is C10H10Cl2O2. The van der Waals surface area contributed by atoms with Crippen molar-refractivity contribution in [2.24, 2.45) is 0 Å². The predicted octanol–water partition coefficient (Wildman–Crippen LogP) is 3.59. The van der Waals surface area contributed by atoms with Crippen LogP contribution in [0.1, 0.15) is 24.2 Å². The van der Waals surface area contributed by atoms with Gasteiger partial charge in [-0.1, -0.05) is 23.2 Å². The normalized spacial score (nSPS) is 10.4. The van der Waals surface area contributed by atoms with Gasteiger partial charge in [-0.3, -0.25) is 4.79 Å². The fraction of sp³-hybridized carbons (Fsp3) is 0.300. The van der Waals surface area contributed by atoms with E-state index < -0.39 is 0 Å². The van der Waals surface area contributed by atoms with E-state index in [1.807, 2.05) is 13.8 Å². The molecule has 0 saturated heterocycles.